The van der Waals surface area contributed by atoms with Crippen LogP contribution in [0.1, 0.15) is 28.4 Å². The van der Waals surface area contributed by atoms with Crippen LogP contribution in [0, 0.1) is 10.1 Å². The molecule has 6 nitrogen and oxygen atoms in total. The number of hydrogen-bond acceptors (Lipinski definition) is 4. The number of carbonyl (C=O) groups excluding carboxylic acids is 1. The Morgan fingerprint density at radius 2 is 1.77 bits per heavy atom. The highest BCUT2D eigenvalue weighted by Gasteiger charge is 2.11. The van der Waals surface area contributed by atoms with Gasteiger partial charge < -0.3 is 10.4 Å². The molecule has 0 aromatic heterocycles. The summed E-state index contributed by atoms with van der Waals surface area (Å²) in [5.41, 5.74) is 1.09. The number of hydrogen-bond donors (Lipinski definition) is 2. The molecular formula is C16H16N2O4. The van der Waals surface area contributed by atoms with E-state index in [0.717, 1.165) is 5.56 Å². The molecule has 0 aliphatic rings. The van der Waals surface area contributed by atoms with Crippen molar-refractivity contribution in [2.45, 2.75) is 12.5 Å². The fourth-order valence-corrected chi connectivity index (χ4v) is 2.00. The molecule has 114 valence electrons. The Hall–Kier alpha value is -2.73. The number of nitro benzene ring substituents is 1. The van der Waals surface area contributed by atoms with Crippen molar-refractivity contribution in [2.75, 3.05) is 6.54 Å². The lowest BCUT2D eigenvalue weighted by Crippen LogP contribution is -2.25. The number of nitrogens with zero attached hydrogens (tertiary/aromatic N) is 1. The zero-order chi connectivity index (χ0) is 15.9. The number of nitro groups is 1. The number of rotatable bonds is 6. The van der Waals surface area contributed by atoms with Gasteiger partial charge in [0, 0.05) is 24.2 Å². The van der Waals surface area contributed by atoms with Crippen LogP contribution in [-0.4, -0.2) is 22.5 Å². The van der Waals surface area contributed by atoms with Crippen LogP contribution >= 0.6 is 0 Å². The molecule has 1 amide bonds. The molecule has 2 rings (SSSR count). The monoisotopic (exact) mass is 300 g/mol. The summed E-state index contributed by atoms with van der Waals surface area (Å²) < 4.78 is 0. The third-order valence-corrected chi connectivity index (χ3v) is 3.23. The molecule has 22 heavy (non-hydrogen) atoms. The first-order valence-corrected chi connectivity index (χ1v) is 6.83. The molecule has 2 aromatic carbocycles. The number of amides is 1. The predicted molar refractivity (Wildman–Crippen MR) is 81.4 cm³/mol. The first-order chi connectivity index (χ1) is 10.6. The summed E-state index contributed by atoms with van der Waals surface area (Å²) in [5, 5.41) is 23.2. The molecule has 0 aliphatic heterocycles. The molecule has 2 N–H and O–H groups in total. The molecule has 2 aromatic rings. The maximum Gasteiger partial charge on any atom is 0.269 e. The zero-order valence-electron chi connectivity index (χ0n) is 11.8. The summed E-state index contributed by atoms with van der Waals surface area (Å²) in [6.45, 7) is 0.311. The van der Waals surface area contributed by atoms with Crippen molar-refractivity contribution in [2.24, 2.45) is 0 Å². The van der Waals surface area contributed by atoms with Gasteiger partial charge in [0.2, 0.25) is 0 Å². The van der Waals surface area contributed by atoms with Gasteiger partial charge in [-0.05, 0) is 24.1 Å². The van der Waals surface area contributed by atoms with Crippen LogP contribution in [0.3, 0.4) is 0 Å². The highest BCUT2D eigenvalue weighted by Crippen LogP contribution is 2.15. The average Bonchev–Trinajstić information content (AvgIpc) is 2.55. The van der Waals surface area contributed by atoms with E-state index < -0.39 is 11.0 Å². The highest BCUT2D eigenvalue weighted by atomic mass is 16.6. The van der Waals surface area contributed by atoms with Gasteiger partial charge in [0.1, 0.15) is 0 Å². The minimum absolute atomic E-state index is 0.0592. The van der Waals surface area contributed by atoms with Crippen molar-refractivity contribution in [1.82, 2.24) is 5.32 Å². The molecule has 6 heteroatoms. The number of aliphatic hydroxyl groups is 1. The van der Waals surface area contributed by atoms with Gasteiger partial charge in [0.05, 0.1) is 11.0 Å². The van der Waals surface area contributed by atoms with Gasteiger partial charge in [-0.1, -0.05) is 30.3 Å². The van der Waals surface area contributed by atoms with Crippen molar-refractivity contribution in [3.05, 3.63) is 75.8 Å². The Labute approximate surface area is 127 Å². The molecule has 0 bridgehead atoms. The molecule has 0 fully saturated rings. The molecule has 0 spiro atoms. The van der Waals surface area contributed by atoms with Crippen molar-refractivity contribution in [3.8, 4) is 0 Å². The molecule has 0 saturated heterocycles. The quantitative estimate of drug-likeness (QED) is 0.633. The molecule has 0 aliphatic carbocycles. The van der Waals surface area contributed by atoms with Crippen LogP contribution in [0.5, 0.6) is 0 Å². The summed E-state index contributed by atoms with van der Waals surface area (Å²) in [6.07, 6.45) is -0.249. The van der Waals surface area contributed by atoms with Gasteiger partial charge in [-0.2, -0.15) is 0 Å². The van der Waals surface area contributed by atoms with Crippen LogP contribution < -0.4 is 5.32 Å². The topological polar surface area (TPSA) is 92.5 Å². The Morgan fingerprint density at radius 1 is 1.14 bits per heavy atom. The summed E-state index contributed by atoms with van der Waals surface area (Å²) in [6, 6.07) is 14.6. The van der Waals surface area contributed by atoms with Gasteiger partial charge >= 0.3 is 0 Å². The largest absolute Gasteiger partial charge is 0.388 e. The van der Waals surface area contributed by atoms with E-state index in [9.17, 15) is 20.0 Å². The van der Waals surface area contributed by atoms with E-state index in [-0.39, 0.29) is 11.6 Å². The number of carbonyl (C=O) groups is 1. The second-order valence-electron chi connectivity index (χ2n) is 4.78. The molecule has 1 atom stereocenters. The second-order valence-corrected chi connectivity index (χ2v) is 4.78. The Morgan fingerprint density at radius 3 is 2.36 bits per heavy atom. The van der Waals surface area contributed by atoms with Crippen molar-refractivity contribution in [3.63, 3.8) is 0 Å². The third-order valence-electron chi connectivity index (χ3n) is 3.23. The van der Waals surface area contributed by atoms with E-state index in [0.29, 0.717) is 18.5 Å². The van der Waals surface area contributed by atoms with Gasteiger partial charge in [-0.25, -0.2) is 0 Å². The van der Waals surface area contributed by atoms with E-state index in [1.807, 2.05) is 30.3 Å². The zero-order valence-corrected chi connectivity index (χ0v) is 11.8. The lowest BCUT2D eigenvalue weighted by atomic mass is 10.1. The third kappa shape index (κ3) is 4.13. The van der Waals surface area contributed by atoms with Crippen LogP contribution in [0.4, 0.5) is 5.69 Å². The van der Waals surface area contributed by atoms with Gasteiger partial charge in [0.15, 0.2) is 0 Å². The maximum atomic E-state index is 11.9. The standard InChI is InChI=1S/C16H16N2O4/c19-15(12-4-2-1-3-5-12)10-11-17-16(20)13-6-8-14(9-7-13)18(21)22/h1-9,15,19H,10-11H2,(H,17,20). The van der Waals surface area contributed by atoms with Crippen LogP contribution in [0.2, 0.25) is 0 Å². The SMILES string of the molecule is O=C(NCCC(O)c1ccccc1)c1ccc([N+](=O)[O-])cc1. The van der Waals surface area contributed by atoms with E-state index in [1.54, 1.807) is 0 Å². The number of benzene rings is 2. The average molecular weight is 300 g/mol. The number of non-ortho nitro benzene ring substituents is 1. The first kappa shape index (κ1) is 15.7. The van der Waals surface area contributed by atoms with Gasteiger partial charge in [0.25, 0.3) is 11.6 Å². The van der Waals surface area contributed by atoms with Gasteiger partial charge in [-0.15, -0.1) is 0 Å². The van der Waals surface area contributed by atoms with Crippen molar-refractivity contribution < 1.29 is 14.8 Å². The van der Waals surface area contributed by atoms with Crippen LogP contribution in [0.15, 0.2) is 54.6 Å². The van der Waals surface area contributed by atoms with E-state index >= 15 is 0 Å². The Kier molecular flexibility index (Phi) is 5.21. The molecule has 1 unspecified atom stereocenters. The molecule has 0 saturated carbocycles. The lowest BCUT2D eigenvalue weighted by Gasteiger charge is -2.11. The normalized spacial score (nSPS) is 11.7. The summed E-state index contributed by atoms with van der Waals surface area (Å²) in [4.78, 5) is 21.9. The second kappa shape index (κ2) is 7.33. The summed E-state index contributed by atoms with van der Waals surface area (Å²) in [7, 11) is 0. The molecular weight excluding hydrogens is 284 g/mol. The van der Waals surface area contributed by atoms with E-state index in [2.05, 4.69) is 5.32 Å². The molecule has 0 radical (unpaired) electrons. The summed E-state index contributed by atoms with van der Waals surface area (Å²) in [5.74, 6) is -0.324. The Balaban J connectivity index is 1.84. The van der Waals surface area contributed by atoms with Crippen LogP contribution in [0.25, 0.3) is 0 Å². The van der Waals surface area contributed by atoms with Crippen molar-refractivity contribution >= 4 is 11.6 Å². The Bertz CT molecular complexity index is 641. The molecule has 0 heterocycles. The van der Waals surface area contributed by atoms with Crippen LogP contribution in [-0.2, 0) is 0 Å². The fraction of sp³-hybridized carbons (Fsp3) is 0.188. The minimum atomic E-state index is -0.640. The highest BCUT2D eigenvalue weighted by molar-refractivity contribution is 5.94. The lowest BCUT2D eigenvalue weighted by molar-refractivity contribution is -0.384. The predicted octanol–water partition coefficient (Wildman–Crippen LogP) is 2.45. The smallest absolute Gasteiger partial charge is 0.269 e. The fourth-order valence-electron chi connectivity index (χ4n) is 2.00. The van der Waals surface area contributed by atoms with Crippen molar-refractivity contribution in [1.29, 1.82) is 0 Å². The minimum Gasteiger partial charge on any atom is -0.388 e. The maximum absolute atomic E-state index is 11.9. The van der Waals surface area contributed by atoms with E-state index in [4.69, 9.17) is 0 Å². The first-order valence-electron chi connectivity index (χ1n) is 6.83. The van der Waals surface area contributed by atoms with E-state index in [1.165, 1.54) is 24.3 Å². The summed E-state index contributed by atoms with van der Waals surface area (Å²) >= 11 is 0. The van der Waals surface area contributed by atoms with Gasteiger partial charge in [-0.3, -0.25) is 14.9 Å². The number of aliphatic hydroxyl groups excluding tert-OH is 1. The number of nitrogens with one attached hydrogen (secondary N) is 1.